The molecule has 0 bridgehead atoms. The zero-order chi connectivity index (χ0) is 19.7. The minimum atomic E-state index is -0.566. The second-order valence-electron chi connectivity index (χ2n) is 6.62. The van der Waals surface area contributed by atoms with Crippen LogP contribution >= 0.6 is 11.8 Å². The molecule has 4 rings (SSSR count). The lowest BCUT2D eigenvalue weighted by atomic mass is 10.00. The average Bonchev–Trinajstić information content (AvgIpc) is 2.96. The van der Waals surface area contributed by atoms with E-state index < -0.39 is 17.0 Å². The fourth-order valence-corrected chi connectivity index (χ4v) is 4.14. The van der Waals surface area contributed by atoms with Crippen molar-refractivity contribution in [2.75, 3.05) is 13.1 Å². The Hall–Kier alpha value is -2.93. The van der Waals surface area contributed by atoms with Gasteiger partial charge in [-0.05, 0) is 41.5 Å². The Bertz CT molecular complexity index is 1000. The van der Waals surface area contributed by atoms with Crippen LogP contribution in [-0.4, -0.2) is 39.9 Å². The van der Waals surface area contributed by atoms with Crippen LogP contribution in [0, 0.1) is 5.82 Å². The van der Waals surface area contributed by atoms with Crippen molar-refractivity contribution >= 4 is 34.9 Å². The second-order valence-corrected chi connectivity index (χ2v) is 7.62. The maximum Gasteiger partial charge on any atom is 0.294 e. The van der Waals surface area contributed by atoms with Gasteiger partial charge in [-0.3, -0.25) is 19.3 Å². The van der Waals surface area contributed by atoms with Gasteiger partial charge in [0.1, 0.15) is 12.4 Å². The fraction of sp³-hybridized carbons (Fsp3) is 0.190. The van der Waals surface area contributed by atoms with Crippen LogP contribution < -0.4 is 0 Å². The molecule has 142 valence electrons. The van der Waals surface area contributed by atoms with Gasteiger partial charge in [-0.1, -0.05) is 42.5 Å². The molecule has 0 spiro atoms. The van der Waals surface area contributed by atoms with Crippen molar-refractivity contribution in [2.24, 2.45) is 0 Å². The molecule has 5 nitrogen and oxygen atoms in total. The number of imide groups is 1. The van der Waals surface area contributed by atoms with E-state index in [0.717, 1.165) is 28.6 Å². The maximum absolute atomic E-state index is 13.8. The fourth-order valence-electron chi connectivity index (χ4n) is 3.31. The number of thioether (sulfide) groups is 1. The second kappa shape index (κ2) is 7.59. The third kappa shape index (κ3) is 3.57. The van der Waals surface area contributed by atoms with Crippen molar-refractivity contribution in [3.05, 3.63) is 75.9 Å². The van der Waals surface area contributed by atoms with Gasteiger partial charge < -0.3 is 4.90 Å². The van der Waals surface area contributed by atoms with Crippen LogP contribution in [0.2, 0.25) is 0 Å². The molecule has 2 aromatic carbocycles. The summed E-state index contributed by atoms with van der Waals surface area (Å²) in [6, 6.07) is 13.9. The molecule has 3 amide bonds. The van der Waals surface area contributed by atoms with Crippen LogP contribution in [0.4, 0.5) is 9.18 Å². The SMILES string of the molecule is O=C(CN1C(=O)S/C(=C/c2ccccc2F)C1=O)N1CCc2ccccc2C1. The molecule has 2 aromatic rings. The van der Waals surface area contributed by atoms with Crippen LogP contribution in [0.1, 0.15) is 16.7 Å². The summed E-state index contributed by atoms with van der Waals surface area (Å²) in [5, 5.41) is -0.515. The van der Waals surface area contributed by atoms with E-state index in [1.807, 2.05) is 24.3 Å². The number of carbonyl (C=O) groups is 3. The van der Waals surface area contributed by atoms with Gasteiger partial charge in [0.2, 0.25) is 5.91 Å². The summed E-state index contributed by atoms with van der Waals surface area (Å²) < 4.78 is 13.8. The topological polar surface area (TPSA) is 57.7 Å². The molecule has 0 unspecified atom stereocenters. The van der Waals surface area contributed by atoms with Gasteiger partial charge in [-0.25, -0.2) is 4.39 Å². The van der Waals surface area contributed by atoms with Gasteiger partial charge in [-0.2, -0.15) is 0 Å². The van der Waals surface area contributed by atoms with E-state index in [1.165, 1.54) is 23.8 Å². The molecule has 0 aliphatic carbocycles. The summed E-state index contributed by atoms with van der Waals surface area (Å²) >= 11 is 0.724. The molecule has 0 aromatic heterocycles. The van der Waals surface area contributed by atoms with E-state index in [2.05, 4.69) is 0 Å². The lowest BCUT2D eigenvalue weighted by molar-refractivity contribution is -0.136. The highest BCUT2D eigenvalue weighted by Crippen LogP contribution is 2.32. The van der Waals surface area contributed by atoms with Crippen LogP contribution in [0.15, 0.2) is 53.4 Å². The Morgan fingerprint density at radius 3 is 2.57 bits per heavy atom. The highest BCUT2D eigenvalue weighted by Gasteiger charge is 2.37. The number of hydrogen-bond donors (Lipinski definition) is 0. The van der Waals surface area contributed by atoms with Gasteiger partial charge in [0.05, 0.1) is 4.91 Å². The molecule has 1 fully saturated rings. The summed E-state index contributed by atoms with van der Waals surface area (Å²) in [6.07, 6.45) is 2.10. The summed E-state index contributed by atoms with van der Waals surface area (Å²) in [6.45, 7) is 0.717. The predicted octanol–water partition coefficient (Wildman–Crippen LogP) is 3.45. The zero-order valence-corrected chi connectivity index (χ0v) is 15.7. The normalized spacial score (nSPS) is 18.0. The smallest absolute Gasteiger partial charge is 0.294 e. The quantitative estimate of drug-likeness (QED) is 0.746. The maximum atomic E-state index is 13.8. The molecule has 0 saturated carbocycles. The van der Waals surface area contributed by atoms with Crippen molar-refractivity contribution < 1.29 is 18.8 Å². The van der Waals surface area contributed by atoms with Crippen molar-refractivity contribution in [3.8, 4) is 0 Å². The lowest BCUT2D eigenvalue weighted by Crippen LogP contribution is -2.44. The first-order valence-electron chi connectivity index (χ1n) is 8.87. The highest BCUT2D eigenvalue weighted by molar-refractivity contribution is 8.18. The molecule has 7 heteroatoms. The van der Waals surface area contributed by atoms with Crippen LogP contribution in [-0.2, 0) is 22.6 Å². The standard InChI is InChI=1S/C21H17FN2O3S/c22-17-8-4-3-6-15(17)11-18-20(26)24(21(27)28-18)13-19(25)23-10-9-14-5-1-2-7-16(14)12-23/h1-8,11H,9-10,12-13H2/b18-11+. The van der Waals surface area contributed by atoms with Crippen LogP contribution in [0.25, 0.3) is 6.08 Å². The van der Waals surface area contributed by atoms with Gasteiger partial charge in [0, 0.05) is 18.7 Å². The van der Waals surface area contributed by atoms with E-state index in [4.69, 9.17) is 0 Å². The number of carbonyl (C=O) groups excluding carboxylic acids is 3. The molecule has 2 heterocycles. The van der Waals surface area contributed by atoms with Crippen molar-refractivity contribution in [1.29, 1.82) is 0 Å². The minimum absolute atomic E-state index is 0.117. The molecular weight excluding hydrogens is 379 g/mol. The third-order valence-corrected chi connectivity index (χ3v) is 5.75. The van der Waals surface area contributed by atoms with E-state index >= 15 is 0 Å². The molecule has 28 heavy (non-hydrogen) atoms. The molecule has 2 aliphatic heterocycles. The van der Waals surface area contributed by atoms with Gasteiger partial charge in [0.15, 0.2) is 0 Å². The number of fused-ring (bicyclic) bond motifs is 1. The molecular formula is C21H17FN2O3S. The highest BCUT2D eigenvalue weighted by atomic mass is 32.2. The predicted molar refractivity (Wildman–Crippen MR) is 105 cm³/mol. The first-order valence-corrected chi connectivity index (χ1v) is 9.69. The first kappa shape index (κ1) is 18.4. The molecule has 0 atom stereocenters. The lowest BCUT2D eigenvalue weighted by Gasteiger charge is -2.29. The minimum Gasteiger partial charge on any atom is -0.336 e. The number of rotatable bonds is 3. The Morgan fingerprint density at radius 2 is 1.79 bits per heavy atom. The van der Waals surface area contributed by atoms with Gasteiger partial charge >= 0.3 is 0 Å². The van der Waals surface area contributed by atoms with Crippen LogP contribution in [0.5, 0.6) is 0 Å². The van der Waals surface area contributed by atoms with Crippen molar-refractivity contribution in [1.82, 2.24) is 9.80 Å². The van der Waals surface area contributed by atoms with E-state index in [9.17, 15) is 18.8 Å². The molecule has 0 N–H and O–H groups in total. The Balaban J connectivity index is 1.47. The summed E-state index contributed by atoms with van der Waals surface area (Å²) in [5.74, 6) is -1.31. The van der Waals surface area contributed by atoms with E-state index in [1.54, 1.807) is 17.0 Å². The average molecular weight is 396 g/mol. The van der Waals surface area contributed by atoms with E-state index in [-0.39, 0.29) is 22.9 Å². The van der Waals surface area contributed by atoms with Gasteiger partial charge in [-0.15, -0.1) is 0 Å². The molecule has 0 radical (unpaired) electrons. The summed E-state index contributed by atoms with van der Waals surface area (Å²) in [4.78, 5) is 40.2. The first-order chi connectivity index (χ1) is 13.5. The number of amides is 3. The van der Waals surface area contributed by atoms with Crippen molar-refractivity contribution in [2.45, 2.75) is 13.0 Å². The summed E-state index contributed by atoms with van der Waals surface area (Å²) in [7, 11) is 0. The monoisotopic (exact) mass is 396 g/mol. The van der Waals surface area contributed by atoms with E-state index in [0.29, 0.717) is 13.1 Å². The Kier molecular flexibility index (Phi) is 5.00. The summed E-state index contributed by atoms with van der Waals surface area (Å²) in [5.41, 5.74) is 2.52. The number of benzene rings is 2. The molecule has 1 saturated heterocycles. The van der Waals surface area contributed by atoms with Gasteiger partial charge in [0.25, 0.3) is 11.1 Å². The van der Waals surface area contributed by atoms with Crippen molar-refractivity contribution in [3.63, 3.8) is 0 Å². The number of hydrogen-bond acceptors (Lipinski definition) is 4. The van der Waals surface area contributed by atoms with Crippen LogP contribution in [0.3, 0.4) is 0 Å². The Morgan fingerprint density at radius 1 is 1.07 bits per heavy atom. The number of halogens is 1. The Labute approximate surface area is 165 Å². The number of nitrogens with zero attached hydrogens (tertiary/aromatic N) is 2. The molecule has 2 aliphatic rings. The third-order valence-electron chi connectivity index (χ3n) is 4.84. The largest absolute Gasteiger partial charge is 0.336 e. The zero-order valence-electron chi connectivity index (χ0n) is 14.9.